The first kappa shape index (κ1) is 58.2. The van der Waals surface area contributed by atoms with Crippen LogP contribution in [-0.2, 0) is 27.9 Å². The van der Waals surface area contributed by atoms with Crippen LogP contribution in [0, 0.1) is 0 Å². The fourth-order valence-corrected chi connectivity index (χ4v) is 8.10. The van der Waals surface area contributed by atoms with Crippen LogP contribution in [0.4, 0.5) is 0 Å². The molecule has 352 valence electrons. The zero-order chi connectivity index (χ0) is 43.4. The van der Waals surface area contributed by atoms with Gasteiger partial charge in [0.15, 0.2) is 0 Å². The van der Waals surface area contributed by atoms with Crippen LogP contribution in [0.3, 0.4) is 0 Å². The first-order valence-electron chi connectivity index (χ1n) is 25.4. The zero-order valence-corrected chi connectivity index (χ0v) is 40.9. The molecule has 0 aliphatic rings. The summed E-state index contributed by atoms with van der Waals surface area (Å²) in [7, 11) is 1.37. The molecular weight excluding hydrogens is 758 g/mol. The van der Waals surface area contributed by atoms with Gasteiger partial charge in [0.05, 0.1) is 34.4 Å². The van der Waals surface area contributed by atoms with Gasteiger partial charge in [-0.25, -0.2) is 0 Å². The van der Waals surface area contributed by atoms with Crippen LogP contribution in [0.2, 0.25) is 0 Å². The Morgan fingerprint density at radius 1 is 0.508 bits per heavy atom. The van der Waals surface area contributed by atoms with Gasteiger partial charge >= 0.3 is 5.97 Å². The van der Waals surface area contributed by atoms with E-state index in [9.17, 15) is 14.3 Å². The number of hydrogen-bond donors (Lipinski definition) is 0. The first-order valence-corrected chi connectivity index (χ1v) is 26.9. The van der Waals surface area contributed by atoms with Gasteiger partial charge in [-0.15, -0.1) is 0 Å². The maximum absolute atomic E-state index is 12.7. The third kappa shape index (κ3) is 48.1. The maximum Gasteiger partial charge on any atom is 0.306 e. The zero-order valence-electron chi connectivity index (χ0n) is 40.0. The second kappa shape index (κ2) is 43.9. The number of phosphoric acid groups is 1. The number of likely N-dealkylation sites (N-methyl/N-ethyl adjacent to an activating group) is 1. The van der Waals surface area contributed by atoms with Crippen LogP contribution in [0.1, 0.15) is 245 Å². The summed E-state index contributed by atoms with van der Waals surface area (Å²) < 4.78 is 34.7. The van der Waals surface area contributed by atoms with Crippen LogP contribution < -0.4 is 4.89 Å². The monoisotopic (exact) mass is 858 g/mol. The fraction of sp³-hybridized carbons (Fsp3) is 0.940. The lowest BCUT2D eigenvalue weighted by Crippen LogP contribution is -2.37. The number of esters is 1. The minimum absolute atomic E-state index is 0.0279. The standard InChI is InChI=1S/C50H100NO7P/c1-6-8-10-12-14-16-18-20-21-22-23-24-25-26-27-28-29-30-32-34-36-38-40-42-45-55-47-49(48-57-59(53,54)56-46-44-51(3,4)5)58-50(52)43-41-39-37-35-33-31-19-17-15-13-11-9-7-2/h17,19,49H,6-16,18,20-48H2,1-5H3/b19-17-. The summed E-state index contributed by atoms with van der Waals surface area (Å²) in [4.78, 5) is 25.1. The maximum atomic E-state index is 12.7. The van der Waals surface area contributed by atoms with Gasteiger partial charge in [-0.3, -0.25) is 9.36 Å². The normalized spacial score (nSPS) is 13.7. The Labute approximate surface area is 367 Å². The molecule has 8 nitrogen and oxygen atoms in total. The van der Waals surface area contributed by atoms with Crippen LogP contribution in [0.25, 0.3) is 0 Å². The predicted octanol–water partition coefficient (Wildman–Crippen LogP) is 14.8. The molecule has 2 unspecified atom stereocenters. The summed E-state index contributed by atoms with van der Waals surface area (Å²) in [6.45, 7) is 5.44. The summed E-state index contributed by atoms with van der Waals surface area (Å²) in [5, 5.41) is 0. The molecule has 0 aromatic rings. The average Bonchev–Trinajstić information content (AvgIpc) is 3.19. The third-order valence-corrected chi connectivity index (χ3v) is 12.3. The Morgan fingerprint density at radius 3 is 1.31 bits per heavy atom. The minimum atomic E-state index is -4.52. The summed E-state index contributed by atoms with van der Waals surface area (Å²) in [6.07, 6.45) is 49.6. The lowest BCUT2D eigenvalue weighted by atomic mass is 10.0. The fourth-order valence-electron chi connectivity index (χ4n) is 7.37. The Kier molecular flexibility index (Phi) is 43.3. The molecule has 0 bridgehead atoms. The number of carbonyl (C=O) groups excluding carboxylic acids is 1. The van der Waals surface area contributed by atoms with Gasteiger partial charge in [0.1, 0.15) is 19.3 Å². The summed E-state index contributed by atoms with van der Waals surface area (Å²) >= 11 is 0. The second-order valence-corrected chi connectivity index (χ2v) is 19.9. The van der Waals surface area contributed by atoms with Crippen molar-refractivity contribution in [3.63, 3.8) is 0 Å². The third-order valence-electron chi connectivity index (χ3n) is 11.3. The number of nitrogens with zero attached hydrogens (tertiary/aromatic N) is 1. The van der Waals surface area contributed by atoms with Crippen molar-refractivity contribution in [2.45, 2.75) is 251 Å². The molecule has 0 N–H and O–H groups in total. The largest absolute Gasteiger partial charge is 0.756 e. The Hall–Kier alpha value is -0.760. The highest BCUT2D eigenvalue weighted by Crippen LogP contribution is 2.38. The van der Waals surface area contributed by atoms with E-state index in [0.717, 1.165) is 44.9 Å². The van der Waals surface area contributed by atoms with Crippen molar-refractivity contribution in [3.05, 3.63) is 12.2 Å². The van der Waals surface area contributed by atoms with E-state index in [1.165, 1.54) is 180 Å². The van der Waals surface area contributed by atoms with Gasteiger partial charge in [-0.05, 0) is 38.5 Å². The van der Waals surface area contributed by atoms with Gasteiger partial charge in [0.25, 0.3) is 7.82 Å². The van der Waals surface area contributed by atoms with Crippen molar-refractivity contribution in [3.8, 4) is 0 Å². The second-order valence-electron chi connectivity index (χ2n) is 18.5. The number of phosphoric ester groups is 1. The molecule has 0 aromatic carbocycles. The Bertz CT molecular complexity index is 956. The minimum Gasteiger partial charge on any atom is -0.756 e. The van der Waals surface area contributed by atoms with E-state index < -0.39 is 13.9 Å². The average molecular weight is 858 g/mol. The number of hydrogen-bond acceptors (Lipinski definition) is 7. The number of carbonyl (C=O) groups is 1. The molecule has 0 rings (SSSR count). The molecule has 0 spiro atoms. The Balaban J connectivity index is 4.03. The van der Waals surface area contributed by atoms with Crippen molar-refractivity contribution in [1.82, 2.24) is 0 Å². The van der Waals surface area contributed by atoms with Gasteiger partial charge in [-0.1, -0.05) is 212 Å². The summed E-state index contributed by atoms with van der Waals surface area (Å²) in [6, 6.07) is 0. The molecule has 0 aliphatic carbocycles. The SMILES string of the molecule is CCCCCC/C=C\CCCCCCCC(=O)OC(COCCCCCCCCCCCCCCCCCCCCCCCCCC)COP(=O)([O-])OCC[N+](C)(C)C. The van der Waals surface area contributed by atoms with E-state index in [-0.39, 0.29) is 25.8 Å². The highest BCUT2D eigenvalue weighted by atomic mass is 31.2. The highest BCUT2D eigenvalue weighted by Gasteiger charge is 2.20. The first-order chi connectivity index (χ1) is 28.6. The topological polar surface area (TPSA) is 94.1 Å². The number of ether oxygens (including phenoxy) is 2. The van der Waals surface area contributed by atoms with Crippen molar-refractivity contribution in [2.24, 2.45) is 0 Å². The molecule has 9 heteroatoms. The van der Waals surface area contributed by atoms with Crippen LogP contribution >= 0.6 is 7.82 Å². The molecular formula is C50H100NO7P. The van der Waals surface area contributed by atoms with Crippen LogP contribution in [-0.4, -0.2) is 70.7 Å². The van der Waals surface area contributed by atoms with Gasteiger partial charge in [0, 0.05) is 13.0 Å². The Morgan fingerprint density at radius 2 is 0.881 bits per heavy atom. The molecule has 0 aromatic heterocycles. The van der Waals surface area contributed by atoms with Crippen molar-refractivity contribution >= 4 is 13.8 Å². The van der Waals surface area contributed by atoms with Gasteiger partial charge < -0.3 is 27.9 Å². The van der Waals surface area contributed by atoms with E-state index in [0.29, 0.717) is 24.1 Å². The predicted molar refractivity (Wildman–Crippen MR) is 250 cm³/mol. The molecule has 0 radical (unpaired) electrons. The van der Waals surface area contributed by atoms with E-state index in [1.807, 2.05) is 21.1 Å². The molecule has 0 saturated heterocycles. The van der Waals surface area contributed by atoms with E-state index in [2.05, 4.69) is 26.0 Å². The molecule has 59 heavy (non-hydrogen) atoms. The lowest BCUT2D eigenvalue weighted by molar-refractivity contribution is -0.870. The van der Waals surface area contributed by atoms with Gasteiger partial charge in [0.2, 0.25) is 0 Å². The van der Waals surface area contributed by atoms with Crippen LogP contribution in [0.5, 0.6) is 0 Å². The summed E-state index contributed by atoms with van der Waals surface area (Å²) in [5.41, 5.74) is 0. The molecule has 0 aliphatic heterocycles. The number of allylic oxidation sites excluding steroid dienone is 2. The highest BCUT2D eigenvalue weighted by molar-refractivity contribution is 7.45. The molecule has 0 saturated carbocycles. The van der Waals surface area contributed by atoms with Crippen LogP contribution in [0.15, 0.2) is 12.2 Å². The van der Waals surface area contributed by atoms with E-state index >= 15 is 0 Å². The molecule has 0 amide bonds. The van der Waals surface area contributed by atoms with Crippen molar-refractivity contribution in [2.75, 3.05) is 54.1 Å². The molecule has 0 heterocycles. The molecule has 0 fully saturated rings. The quantitative estimate of drug-likeness (QED) is 0.0198. The summed E-state index contributed by atoms with van der Waals surface area (Å²) in [5.74, 6) is -0.338. The number of quaternary nitrogens is 1. The smallest absolute Gasteiger partial charge is 0.306 e. The molecule has 2 atom stereocenters. The lowest BCUT2D eigenvalue weighted by Gasteiger charge is -2.28. The number of rotatable bonds is 48. The van der Waals surface area contributed by atoms with Crippen molar-refractivity contribution in [1.29, 1.82) is 0 Å². The number of unbranched alkanes of at least 4 members (excludes halogenated alkanes) is 32. The van der Waals surface area contributed by atoms with Crippen molar-refractivity contribution < 1.29 is 37.3 Å². The van der Waals surface area contributed by atoms with E-state index in [1.54, 1.807) is 0 Å². The van der Waals surface area contributed by atoms with E-state index in [4.69, 9.17) is 18.5 Å². The van der Waals surface area contributed by atoms with Gasteiger partial charge in [-0.2, -0.15) is 0 Å².